The molecule has 1 N–H and O–H groups in total. The zero-order valence-electron chi connectivity index (χ0n) is 17.6. The summed E-state index contributed by atoms with van der Waals surface area (Å²) in [4.78, 5) is 13.5. The summed E-state index contributed by atoms with van der Waals surface area (Å²) in [6.45, 7) is 2.24. The molecule has 0 spiro atoms. The molecule has 32 heavy (non-hydrogen) atoms. The van der Waals surface area contributed by atoms with Crippen LogP contribution < -0.4 is 5.32 Å². The third-order valence-corrected chi connectivity index (χ3v) is 8.57. The number of nitrogens with zero attached hydrogens (tertiary/aromatic N) is 3. The van der Waals surface area contributed by atoms with Crippen LogP contribution in [0.15, 0.2) is 40.9 Å². The summed E-state index contributed by atoms with van der Waals surface area (Å²) in [6.07, 6.45) is 5.20. The van der Waals surface area contributed by atoms with Gasteiger partial charge >= 0.3 is 0 Å². The van der Waals surface area contributed by atoms with Crippen LogP contribution in [0.5, 0.6) is 0 Å². The third-order valence-electron chi connectivity index (χ3n) is 6.76. The minimum absolute atomic E-state index is 0.0342. The maximum Gasteiger partial charge on any atom is 0.234 e. The number of nitrogens with one attached hydrogen (secondary N) is 1. The Bertz CT molecular complexity index is 1120. The highest BCUT2D eigenvalue weighted by molar-refractivity contribution is 7.99. The Hall–Kier alpha value is -2.26. The molecule has 1 amide bonds. The Morgan fingerprint density at radius 1 is 1.28 bits per heavy atom. The fourth-order valence-corrected chi connectivity index (χ4v) is 6.83. The van der Waals surface area contributed by atoms with Crippen LogP contribution >= 0.6 is 23.1 Å². The summed E-state index contributed by atoms with van der Waals surface area (Å²) in [7, 11) is 0. The first kappa shape index (κ1) is 21.6. The number of anilines is 1. The molecule has 4 atom stereocenters. The number of hydrogen-bond acceptors (Lipinski definition) is 5. The monoisotopic (exact) mass is 474 g/mol. The maximum absolute atomic E-state index is 13.9. The number of thiophene rings is 1. The molecule has 3 aromatic rings. The van der Waals surface area contributed by atoms with Crippen molar-refractivity contribution >= 4 is 34.7 Å². The van der Waals surface area contributed by atoms with Crippen molar-refractivity contribution in [3.63, 3.8) is 0 Å². The van der Waals surface area contributed by atoms with Crippen LogP contribution in [0.4, 0.5) is 14.5 Å². The predicted molar refractivity (Wildman–Crippen MR) is 123 cm³/mol. The summed E-state index contributed by atoms with van der Waals surface area (Å²) < 4.78 is 29.2. The molecule has 5 nitrogen and oxygen atoms in total. The first-order valence-electron chi connectivity index (χ1n) is 10.9. The van der Waals surface area contributed by atoms with Gasteiger partial charge in [-0.1, -0.05) is 24.2 Å². The molecule has 0 saturated heterocycles. The fraction of sp³-hybridized carbons (Fsp3) is 0.435. The summed E-state index contributed by atoms with van der Waals surface area (Å²) in [5.41, 5.74) is -0.0342. The molecule has 2 bridgehead atoms. The molecule has 2 saturated carbocycles. The van der Waals surface area contributed by atoms with Gasteiger partial charge in [0.2, 0.25) is 5.91 Å². The van der Waals surface area contributed by atoms with Crippen molar-refractivity contribution in [1.29, 1.82) is 0 Å². The molecule has 2 heterocycles. The van der Waals surface area contributed by atoms with Crippen LogP contribution in [0.2, 0.25) is 0 Å². The van der Waals surface area contributed by atoms with Crippen molar-refractivity contribution in [3.8, 4) is 10.7 Å². The number of rotatable bonds is 7. The number of carbonyl (C=O) groups is 1. The van der Waals surface area contributed by atoms with Crippen molar-refractivity contribution in [2.75, 3.05) is 11.1 Å². The molecule has 0 radical (unpaired) electrons. The molecular formula is C23H24F2N4OS2. The molecule has 2 aromatic heterocycles. The topological polar surface area (TPSA) is 59.8 Å². The Labute approximate surface area is 193 Å². The number of carbonyl (C=O) groups excluding carboxylic acids is 1. The molecule has 2 fully saturated rings. The zero-order chi connectivity index (χ0) is 22.2. The van der Waals surface area contributed by atoms with E-state index in [4.69, 9.17) is 0 Å². The van der Waals surface area contributed by atoms with Gasteiger partial charge in [0.25, 0.3) is 0 Å². The van der Waals surface area contributed by atoms with Gasteiger partial charge in [0.1, 0.15) is 11.6 Å². The Kier molecular flexibility index (Phi) is 6.03. The van der Waals surface area contributed by atoms with E-state index in [2.05, 4.69) is 27.0 Å². The SMILES string of the molecule is CC(C1CC2CCC1C2)n1c(SCC(=O)Nc2ccc(F)cc2F)nnc1-c1cccs1. The van der Waals surface area contributed by atoms with E-state index in [1.165, 1.54) is 43.5 Å². The Morgan fingerprint density at radius 3 is 2.84 bits per heavy atom. The van der Waals surface area contributed by atoms with Crippen LogP contribution in [0.3, 0.4) is 0 Å². The number of amides is 1. The quantitative estimate of drug-likeness (QED) is 0.426. The number of halogens is 2. The molecule has 4 unspecified atom stereocenters. The minimum Gasteiger partial charge on any atom is -0.323 e. The van der Waals surface area contributed by atoms with E-state index in [1.807, 2.05) is 17.5 Å². The number of benzene rings is 1. The molecule has 168 valence electrons. The van der Waals surface area contributed by atoms with E-state index >= 15 is 0 Å². The van der Waals surface area contributed by atoms with Gasteiger partial charge in [0.15, 0.2) is 11.0 Å². The summed E-state index contributed by atoms with van der Waals surface area (Å²) in [5, 5.41) is 14.1. The molecule has 2 aliphatic carbocycles. The first-order valence-corrected chi connectivity index (χ1v) is 12.7. The Morgan fingerprint density at radius 2 is 2.16 bits per heavy atom. The standard InChI is InChI=1S/C23H24F2N4OS2/c1-13(17-10-14-4-5-15(17)9-14)29-22(20-3-2-8-31-20)27-28-23(29)32-12-21(30)26-19-7-6-16(24)11-18(19)25/h2-3,6-8,11,13-15,17H,4-5,9-10,12H2,1H3,(H,26,30). The number of fused-ring (bicyclic) bond motifs is 2. The van der Waals surface area contributed by atoms with Crippen molar-refractivity contribution in [2.24, 2.45) is 17.8 Å². The molecule has 9 heteroatoms. The predicted octanol–water partition coefficient (Wildman–Crippen LogP) is 6.01. The fourth-order valence-electron chi connectivity index (χ4n) is 5.30. The van der Waals surface area contributed by atoms with Gasteiger partial charge in [-0.3, -0.25) is 9.36 Å². The molecule has 2 aliphatic rings. The zero-order valence-corrected chi connectivity index (χ0v) is 19.3. The lowest BCUT2D eigenvalue weighted by molar-refractivity contribution is -0.113. The lowest BCUT2D eigenvalue weighted by Gasteiger charge is -2.30. The van der Waals surface area contributed by atoms with E-state index in [0.717, 1.165) is 34.7 Å². The van der Waals surface area contributed by atoms with Gasteiger partial charge in [-0.15, -0.1) is 21.5 Å². The highest BCUT2D eigenvalue weighted by Crippen LogP contribution is 2.53. The lowest BCUT2D eigenvalue weighted by atomic mass is 9.84. The van der Waals surface area contributed by atoms with Gasteiger partial charge in [-0.25, -0.2) is 8.78 Å². The van der Waals surface area contributed by atoms with E-state index < -0.39 is 11.6 Å². The minimum atomic E-state index is -0.795. The second-order valence-electron chi connectivity index (χ2n) is 8.69. The van der Waals surface area contributed by atoms with Gasteiger partial charge in [0, 0.05) is 12.1 Å². The summed E-state index contributed by atoms with van der Waals surface area (Å²) >= 11 is 2.92. The Balaban J connectivity index is 1.35. The van der Waals surface area contributed by atoms with Crippen molar-refractivity contribution < 1.29 is 13.6 Å². The summed E-state index contributed by atoms with van der Waals surface area (Å²) in [6, 6.07) is 7.37. The maximum atomic E-state index is 13.9. The average molecular weight is 475 g/mol. The van der Waals surface area contributed by atoms with Gasteiger partial charge in [0.05, 0.1) is 16.3 Å². The van der Waals surface area contributed by atoms with Crippen LogP contribution in [0.1, 0.15) is 38.6 Å². The van der Waals surface area contributed by atoms with E-state index in [1.54, 1.807) is 11.3 Å². The normalized spacial score (nSPS) is 22.9. The van der Waals surface area contributed by atoms with Crippen LogP contribution in [0.25, 0.3) is 10.7 Å². The smallest absolute Gasteiger partial charge is 0.234 e. The van der Waals surface area contributed by atoms with Crippen LogP contribution in [-0.4, -0.2) is 26.4 Å². The highest BCUT2D eigenvalue weighted by Gasteiger charge is 2.43. The molecule has 5 rings (SSSR count). The van der Waals surface area contributed by atoms with Gasteiger partial charge in [-0.2, -0.15) is 0 Å². The van der Waals surface area contributed by atoms with Crippen molar-refractivity contribution in [1.82, 2.24) is 14.8 Å². The van der Waals surface area contributed by atoms with Crippen LogP contribution in [0, 0.1) is 29.4 Å². The third kappa shape index (κ3) is 4.20. The second kappa shape index (κ2) is 8.94. The van der Waals surface area contributed by atoms with E-state index in [-0.39, 0.29) is 23.4 Å². The number of aromatic nitrogens is 3. The molecule has 0 aliphatic heterocycles. The van der Waals surface area contributed by atoms with Gasteiger partial charge in [-0.05, 0) is 67.5 Å². The molecule has 1 aromatic carbocycles. The second-order valence-corrected chi connectivity index (χ2v) is 10.6. The molecular weight excluding hydrogens is 450 g/mol. The lowest BCUT2D eigenvalue weighted by Crippen LogP contribution is -2.23. The average Bonchev–Trinajstić information content (AvgIpc) is 3.57. The first-order chi connectivity index (χ1) is 15.5. The van der Waals surface area contributed by atoms with Crippen molar-refractivity contribution in [2.45, 2.75) is 43.8 Å². The van der Waals surface area contributed by atoms with E-state index in [0.29, 0.717) is 11.1 Å². The largest absolute Gasteiger partial charge is 0.323 e. The van der Waals surface area contributed by atoms with Crippen LogP contribution in [-0.2, 0) is 4.79 Å². The highest BCUT2D eigenvalue weighted by atomic mass is 32.2. The summed E-state index contributed by atoms with van der Waals surface area (Å²) in [5.74, 6) is 1.21. The van der Waals surface area contributed by atoms with E-state index in [9.17, 15) is 13.6 Å². The van der Waals surface area contributed by atoms with Gasteiger partial charge < -0.3 is 5.32 Å². The number of thioether (sulfide) groups is 1. The number of hydrogen-bond donors (Lipinski definition) is 1. The van der Waals surface area contributed by atoms with Crippen molar-refractivity contribution in [3.05, 3.63) is 47.3 Å².